The van der Waals surface area contributed by atoms with E-state index in [0.717, 1.165) is 11.1 Å². The van der Waals surface area contributed by atoms with E-state index in [1.165, 1.54) is 21.7 Å². The SMILES string of the molecule is Nc1ccc(-c2cnn(C3CC[I-]CC3)c2)cn1. The van der Waals surface area contributed by atoms with Crippen molar-refractivity contribution in [2.45, 2.75) is 18.9 Å². The van der Waals surface area contributed by atoms with Crippen LogP contribution >= 0.6 is 0 Å². The average molecular weight is 355 g/mol. The quantitative estimate of drug-likeness (QED) is 0.553. The maximum atomic E-state index is 5.60. The number of hydrogen-bond acceptors (Lipinski definition) is 3. The molecule has 2 aromatic heterocycles. The zero-order valence-electron chi connectivity index (χ0n) is 10.1. The third-order valence-corrected chi connectivity index (χ3v) is 6.02. The van der Waals surface area contributed by atoms with Crippen molar-refractivity contribution >= 4 is 5.82 Å². The van der Waals surface area contributed by atoms with Crippen molar-refractivity contribution in [3.8, 4) is 11.1 Å². The normalized spacial score (nSPS) is 17.3. The van der Waals surface area contributed by atoms with Gasteiger partial charge >= 0.3 is 117 Å². The molecule has 0 bridgehead atoms. The summed E-state index contributed by atoms with van der Waals surface area (Å²) in [5.74, 6) is 0.558. The molecule has 0 saturated carbocycles. The van der Waals surface area contributed by atoms with Crippen molar-refractivity contribution in [3.63, 3.8) is 0 Å². The van der Waals surface area contributed by atoms with Gasteiger partial charge in [0.15, 0.2) is 0 Å². The van der Waals surface area contributed by atoms with Crippen molar-refractivity contribution in [2.75, 3.05) is 14.6 Å². The van der Waals surface area contributed by atoms with Crippen LogP contribution in [0.15, 0.2) is 30.7 Å². The molecule has 0 atom stereocenters. The van der Waals surface area contributed by atoms with Crippen LogP contribution < -0.4 is 26.9 Å². The first kappa shape index (κ1) is 12.0. The number of pyridine rings is 1. The van der Waals surface area contributed by atoms with Gasteiger partial charge in [-0.05, 0) is 0 Å². The summed E-state index contributed by atoms with van der Waals surface area (Å²) in [4.78, 5) is 4.12. The molecule has 5 heteroatoms. The molecule has 3 rings (SSSR count). The van der Waals surface area contributed by atoms with Gasteiger partial charge in [0.25, 0.3) is 0 Å². The van der Waals surface area contributed by atoms with E-state index in [-0.39, 0.29) is 0 Å². The predicted octanol–water partition coefficient (Wildman–Crippen LogP) is -1.05. The van der Waals surface area contributed by atoms with Crippen molar-refractivity contribution in [1.29, 1.82) is 0 Å². The van der Waals surface area contributed by atoms with Gasteiger partial charge in [0.05, 0.1) is 0 Å². The van der Waals surface area contributed by atoms with Crippen LogP contribution in [0.1, 0.15) is 18.9 Å². The fraction of sp³-hybridized carbons (Fsp3) is 0.385. The molecular formula is C13H16IN4-. The number of rotatable bonds is 2. The van der Waals surface area contributed by atoms with Crippen LogP contribution in [-0.2, 0) is 0 Å². The molecule has 0 amide bonds. The first-order valence-corrected chi connectivity index (χ1v) is 9.17. The van der Waals surface area contributed by atoms with Crippen LogP contribution in [0, 0.1) is 0 Å². The van der Waals surface area contributed by atoms with Gasteiger partial charge in [-0.25, -0.2) is 0 Å². The van der Waals surface area contributed by atoms with Crippen molar-refractivity contribution in [2.24, 2.45) is 0 Å². The minimum absolute atomic E-state index is 0.489. The Hall–Kier alpha value is -1.11. The molecule has 3 heterocycles. The van der Waals surface area contributed by atoms with Gasteiger partial charge < -0.3 is 0 Å². The number of anilines is 1. The Morgan fingerprint density at radius 3 is 2.72 bits per heavy atom. The van der Waals surface area contributed by atoms with Crippen molar-refractivity contribution in [3.05, 3.63) is 30.7 Å². The molecule has 0 aliphatic carbocycles. The third kappa shape index (κ3) is 2.50. The third-order valence-electron chi connectivity index (χ3n) is 3.25. The van der Waals surface area contributed by atoms with Crippen LogP contribution in [0.5, 0.6) is 0 Å². The fourth-order valence-electron chi connectivity index (χ4n) is 2.17. The number of hydrogen-bond donors (Lipinski definition) is 1. The Morgan fingerprint density at radius 2 is 2.00 bits per heavy atom. The van der Waals surface area contributed by atoms with E-state index in [2.05, 4.69) is 21.0 Å². The molecule has 1 aliphatic rings. The van der Waals surface area contributed by atoms with Crippen LogP contribution in [0.2, 0.25) is 0 Å². The molecule has 1 fully saturated rings. The summed E-state index contributed by atoms with van der Waals surface area (Å²) in [5.41, 5.74) is 7.81. The summed E-state index contributed by atoms with van der Waals surface area (Å²) in [7, 11) is 0. The molecule has 0 unspecified atom stereocenters. The monoisotopic (exact) mass is 355 g/mol. The summed E-state index contributed by atoms with van der Waals surface area (Å²) >= 11 is 0.489. The van der Waals surface area contributed by atoms with E-state index in [4.69, 9.17) is 5.73 Å². The number of aromatic nitrogens is 3. The molecule has 1 saturated heterocycles. The van der Waals surface area contributed by atoms with E-state index in [9.17, 15) is 0 Å². The second-order valence-electron chi connectivity index (χ2n) is 4.48. The predicted molar refractivity (Wildman–Crippen MR) is 67.9 cm³/mol. The summed E-state index contributed by atoms with van der Waals surface area (Å²) in [6.45, 7) is 0. The molecular weight excluding hydrogens is 339 g/mol. The second-order valence-corrected chi connectivity index (χ2v) is 7.72. The van der Waals surface area contributed by atoms with Crippen LogP contribution in [0.25, 0.3) is 11.1 Å². The Balaban J connectivity index is 1.82. The first-order chi connectivity index (χ1) is 8.83. The summed E-state index contributed by atoms with van der Waals surface area (Å²) < 4.78 is 5.00. The van der Waals surface area contributed by atoms with Gasteiger partial charge in [-0.2, -0.15) is 0 Å². The van der Waals surface area contributed by atoms with Gasteiger partial charge in [0, 0.05) is 0 Å². The number of nitrogen functional groups attached to an aromatic ring is 1. The Bertz CT molecular complexity index is 514. The van der Waals surface area contributed by atoms with Crippen molar-refractivity contribution < 1.29 is 21.2 Å². The fourth-order valence-corrected chi connectivity index (χ4v) is 5.03. The molecule has 2 aromatic rings. The van der Waals surface area contributed by atoms with Crippen LogP contribution in [-0.4, -0.2) is 23.6 Å². The Labute approximate surface area is 117 Å². The minimum atomic E-state index is 0.489. The van der Waals surface area contributed by atoms with E-state index in [0.29, 0.717) is 33.1 Å². The average Bonchev–Trinajstić information content (AvgIpc) is 2.90. The van der Waals surface area contributed by atoms with Crippen LogP contribution in [0.3, 0.4) is 0 Å². The van der Waals surface area contributed by atoms with Gasteiger partial charge in [0.2, 0.25) is 0 Å². The van der Waals surface area contributed by atoms with E-state index in [1.54, 1.807) is 0 Å². The number of nitrogens with zero attached hydrogens (tertiary/aromatic N) is 3. The number of alkyl halides is 2. The molecule has 1 aliphatic heterocycles. The Morgan fingerprint density at radius 1 is 1.17 bits per heavy atom. The number of nitrogens with two attached hydrogens (primary N) is 1. The van der Waals surface area contributed by atoms with Crippen molar-refractivity contribution in [1.82, 2.24) is 14.8 Å². The maximum absolute atomic E-state index is 5.60. The summed E-state index contributed by atoms with van der Waals surface area (Å²) in [6, 6.07) is 4.43. The van der Waals surface area contributed by atoms with Gasteiger partial charge in [-0.15, -0.1) is 0 Å². The zero-order valence-corrected chi connectivity index (χ0v) is 12.2. The molecule has 0 aromatic carbocycles. The molecule has 18 heavy (non-hydrogen) atoms. The molecule has 96 valence electrons. The molecule has 2 N–H and O–H groups in total. The standard InChI is InChI=1S/C13H16IN4/c15-13-2-1-10(7-16-13)11-8-17-18(9-11)12-3-5-14-6-4-12/h1-2,7-9,12H,3-6H2,(H2,15,16)/q-1. The van der Waals surface area contributed by atoms with E-state index in [1.807, 2.05) is 24.5 Å². The first-order valence-electron chi connectivity index (χ1n) is 6.12. The molecule has 0 radical (unpaired) electrons. The zero-order chi connectivity index (χ0) is 12.4. The second kappa shape index (κ2) is 5.26. The van der Waals surface area contributed by atoms with Gasteiger partial charge in [0.1, 0.15) is 0 Å². The van der Waals surface area contributed by atoms with Crippen LogP contribution in [0.4, 0.5) is 5.82 Å². The van der Waals surface area contributed by atoms with E-state index < -0.39 is 0 Å². The summed E-state index contributed by atoms with van der Waals surface area (Å²) in [5, 5.41) is 4.51. The number of halogens is 1. The molecule has 4 nitrogen and oxygen atoms in total. The van der Waals surface area contributed by atoms with E-state index >= 15 is 0 Å². The van der Waals surface area contributed by atoms with Gasteiger partial charge in [-0.1, -0.05) is 0 Å². The topological polar surface area (TPSA) is 56.7 Å². The summed E-state index contributed by atoms with van der Waals surface area (Å²) in [6.07, 6.45) is 8.48. The molecule has 0 spiro atoms. The van der Waals surface area contributed by atoms with Gasteiger partial charge in [-0.3, -0.25) is 0 Å². The Kier molecular flexibility index (Phi) is 3.49.